The normalized spacial score (nSPS) is 13.6. The van der Waals surface area contributed by atoms with E-state index < -0.39 is 35.1 Å². The number of carbonyl (C=O) groups excluding carboxylic acids is 4. The van der Waals surface area contributed by atoms with E-state index in [1.807, 2.05) is 43.1 Å². The average molecular weight is 704 g/mol. The van der Waals surface area contributed by atoms with Gasteiger partial charge in [0.25, 0.3) is 5.91 Å². The molecule has 0 aliphatic carbocycles. The number of alkyl carbamates (subject to hydrolysis) is 2. The van der Waals surface area contributed by atoms with Gasteiger partial charge in [0.15, 0.2) is 0 Å². The number of likely N-dealkylation sites (tertiary alicyclic amines) is 1. The van der Waals surface area contributed by atoms with Crippen molar-refractivity contribution in [3.8, 4) is 0 Å². The maximum Gasteiger partial charge on any atom is 0.417 e. The molecule has 0 spiro atoms. The first-order valence-corrected chi connectivity index (χ1v) is 17.1. The molecular formula is C39H53N5O7. The molecule has 12 nitrogen and oxygen atoms in total. The van der Waals surface area contributed by atoms with Crippen LogP contribution in [0.15, 0.2) is 67.3 Å². The third-order valence-electron chi connectivity index (χ3n) is 7.26. The van der Waals surface area contributed by atoms with Crippen molar-refractivity contribution in [3.63, 3.8) is 0 Å². The Hall–Kier alpha value is -5.00. The molecule has 0 bridgehead atoms. The zero-order valence-corrected chi connectivity index (χ0v) is 31.6. The Kier molecular flexibility index (Phi) is 13.7. The number of anilines is 1. The fourth-order valence-corrected chi connectivity index (χ4v) is 5.16. The molecule has 4 rings (SSSR count). The van der Waals surface area contributed by atoms with Crippen LogP contribution in [0.5, 0.6) is 0 Å². The van der Waals surface area contributed by atoms with E-state index >= 15 is 0 Å². The fourth-order valence-electron chi connectivity index (χ4n) is 5.16. The Balaban J connectivity index is 0.000000396. The lowest BCUT2D eigenvalue weighted by atomic mass is 9.88. The van der Waals surface area contributed by atoms with Crippen LogP contribution in [0.4, 0.5) is 20.1 Å². The van der Waals surface area contributed by atoms with Crippen LogP contribution >= 0.6 is 0 Å². The van der Waals surface area contributed by atoms with E-state index in [4.69, 9.17) is 14.2 Å². The summed E-state index contributed by atoms with van der Waals surface area (Å²) in [6, 6.07) is 14.1. The molecule has 3 heterocycles. The third kappa shape index (κ3) is 14.4. The first kappa shape index (κ1) is 40.4. The van der Waals surface area contributed by atoms with Crippen molar-refractivity contribution in [1.82, 2.24) is 20.2 Å². The number of aromatic nitrogens is 2. The van der Waals surface area contributed by atoms with E-state index in [1.165, 1.54) is 16.0 Å². The molecule has 4 amide bonds. The zero-order valence-electron chi connectivity index (χ0n) is 31.6. The number of ether oxygens (including phenoxy) is 3. The van der Waals surface area contributed by atoms with Crippen LogP contribution in [0.3, 0.4) is 0 Å². The molecule has 0 saturated carbocycles. The molecule has 0 atom stereocenters. The number of pyridine rings is 2. The Labute approximate surface area is 301 Å². The zero-order chi connectivity index (χ0) is 38.0. The molecule has 0 unspecified atom stereocenters. The Morgan fingerprint density at radius 2 is 1.39 bits per heavy atom. The fraction of sp³-hybridized carbons (Fsp3) is 0.487. The summed E-state index contributed by atoms with van der Waals surface area (Å²) in [5.41, 5.74) is 2.49. The molecule has 51 heavy (non-hydrogen) atoms. The summed E-state index contributed by atoms with van der Waals surface area (Å²) in [6.45, 7) is 19.5. The number of amides is 4. The molecule has 1 aliphatic heterocycles. The number of nitrogens with one attached hydrogen (secondary N) is 1. The summed E-state index contributed by atoms with van der Waals surface area (Å²) in [6.07, 6.45) is 6.27. The van der Waals surface area contributed by atoms with Crippen LogP contribution in [0.25, 0.3) is 0 Å². The number of rotatable bonds is 5. The minimum atomic E-state index is -0.809. The minimum absolute atomic E-state index is 0.0717. The van der Waals surface area contributed by atoms with Gasteiger partial charge in [0.05, 0.1) is 24.0 Å². The molecule has 3 aromatic rings. The van der Waals surface area contributed by atoms with Gasteiger partial charge in [-0.3, -0.25) is 19.7 Å². The smallest absolute Gasteiger partial charge is 0.417 e. The predicted octanol–water partition coefficient (Wildman–Crippen LogP) is 8.19. The van der Waals surface area contributed by atoms with Crippen molar-refractivity contribution in [2.24, 2.45) is 0 Å². The van der Waals surface area contributed by atoms with Gasteiger partial charge >= 0.3 is 18.3 Å². The number of hydrogen-bond donors (Lipinski definition) is 1. The minimum Gasteiger partial charge on any atom is -0.443 e. The number of benzene rings is 1. The number of nitrogens with zero attached hydrogens (tertiary/aromatic N) is 4. The summed E-state index contributed by atoms with van der Waals surface area (Å²) in [5, 5.41) is 1.97. The third-order valence-corrected chi connectivity index (χ3v) is 7.26. The molecule has 1 saturated heterocycles. The molecule has 1 aliphatic rings. The Bertz CT molecular complexity index is 1610. The first-order chi connectivity index (χ1) is 23.7. The molecular weight excluding hydrogens is 650 g/mol. The summed E-state index contributed by atoms with van der Waals surface area (Å²) in [4.78, 5) is 60.5. The second-order valence-corrected chi connectivity index (χ2v) is 15.5. The number of hydrogen-bond acceptors (Lipinski definition) is 9. The molecule has 2 aromatic heterocycles. The maximum absolute atomic E-state index is 13.4. The van der Waals surface area contributed by atoms with E-state index in [0.29, 0.717) is 30.3 Å². The van der Waals surface area contributed by atoms with E-state index in [2.05, 4.69) is 41.2 Å². The highest BCUT2D eigenvalue weighted by Crippen LogP contribution is 2.30. The molecule has 1 aromatic carbocycles. The largest absolute Gasteiger partial charge is 0.443 e. The second kappa shape index (κ2) is 17.3. The lowest BCUT2D eigenvalue weighted by Gasteiger charge is -2.32. The standard InChI is InChI=1S/C29H34N4O3.C10H19NO4/c1-21-7-5-9-24(15-21)23-10-13-32(14-11-23)27(34)25-16-26(19-31-18-25)33(28(35)36-29(2,3)4)20-22-8-6-12-30-17-22;1-9(2,3)14-7(12)11-8(13)15-10(4,5)6/h5-9,12,15-19,23H,10-11,13-14,20H2,1-4H3;1-6H3,(H,11,12,13). The van der Waals surface area contributed by atoms with E-state index in [9.17, 15) is 19.2 Å². The van der Waals surface area contributed by atoms with Crippen molar-refractivity contribution in [1.29, 1.82) is 0 Å². The quantitative estimate of drug-likeness (QED) is 0.261. The van der Waals surface area contributed by atoms with Gasteiger partial charge in [-0.25, -0.2) is 19.7 Å². The summed E-state index contributed by atoms with van der Waals surface area (Å²) in [7, 11) is 0. The maximum atomic E-state index is 13.4. The van der Waals surface area contributed by atoms with Gasteiger partial charge < -0.3 is 19.1 Å². The van der Waals surface area contributed by atoms with Gasteiger partial charge in [0.2, 0.25) is 0 Å². The highest BCUT2D eigenvalue weighted by Gasteiger charge is 2.28. The second-order valence-electron chi connectivity index (χ2n) is 15.5. The molecule has 276 valence electrons. The predicted molar refractivity (Wildman–Crippen MR) is 196 cm³/mol. The summed E-state index contributed by atoms with van der Waals surface area (Å²) < 4.78 is 15.4. The van der Waals surface area contributed by atoms with Crippen LogP contribution < -0.4 is 10.2 Å². The van der Waals surface area contributed by atoms with Gasteiger partial charge in [-0.2, -0.15) is 0 Å². The van der Waals surface area contributed by atoms with Gasteiger partial charge in [-0.1, -0.05) is 35.9 Å². The number of carbonyl (C=O) groups is 4. The van der Waals surface area contributed by atoms with Crippen molar-refractivity contribution in [2.75, 3.05) is 18.0 Å². The van der Waals surface area contributed by atoms with E-state index in [0.717, 1.165) is 18.4 Å². The van der Waals surface area contributed by atoms with Crippen LogP contribution in [-0.4, -0.2) is 68.9 Å². The number of aryl methyl sites for hydroxylation is 1. The SMILES string of the molecule is CC(C)(C)OC(=O)NC(=O)OC(C)(C)C.Cc1cccc(C2CCN(C(=O)c3cncc(N(Cc4cccnc4)C(=O)OC(C)(C)C)c3)CC2)c1. The van der Waals surface area contributed by atoms with Crippen molar-refractivity contribution < 1.29 is 33.4 Å². The summed E-state index contributed by atoms with van der Waals surface area (Å²) >= 11 is 0. The van der Waals surface area contributed by atoms with Gasteiger partial charge in [0.1, 0.15) is 16.8 Å². The lowest BCUT2D eigenvalue weighted by Crippen LogP contribution is -2.39. The van der Waals surface area contributed by atoms with Crippen molar-refractivity contribution in [2.45, 2.75) is 111 Å². The molecule has 1 fully saturated rings. The molecule has 1 N–H and O–H groups in total. The van der Waals surface area contributed by atoms with E-state index in [1.54, 1.807) is 72.4 Å². The van der Waals surface area contributed by atoms with Crippen molar-refractivity contribution >= 4 is 29.9 Å². The van der Waals surface area contributed by atoms with Crippen LogP contribution in [0.2, 0.25) is 0 Å². The number of imide groups is 1. The van der Waals surface area contributed by atoms with Crippen molar-refractivity contribution in [3.05, 3.63) is 89.5 Å². The highest BCUT2D eigenvalue weighted by atomic mass is 16.6. The highest BCUT2D eigenvalue weighted by molar-refractivity contribution is 5.96. The van der Waals surface area contributed by atoms with Gasteiger partial charge in [0, 0.05) is 31.7 Å². The Morgan fingerprint density at radius 1 is 0.784 bits per heavy atom. The first-order valence-electron chi connectivity index (χ1n) is 17.1. The van der Waals surface area contributed by atoms with E-state index in [-0.39, 0.29) is 12.5 Å². The number of piperidine rings is 1. The average Bonchev–Trinajstić information content (AvgIpc) is 3.01. The van der Waals surface area contributed by atoms with Crippen LogP contribution in [0, 0.1) is 6.92 Å². The van der Waals surface area contributed by atoms with Crippen LogP contribution in [0.1, 0.15) is 108 Å². The Morgan fingerprint density at radius 3 is 1.92 bits per heavy atom. The van der Waals surface area contributed by atoms with Gasteiger partial charge in [-0.15, -0.1) is 0 Å². The molecule has 0 radical (unpaired) electrons. The van der Waals surface area contributed by atoms with Crippen LogP contribution in [-0.2, 0) is 20.8 Å². The van der Waals surface area contributed by atoms with Gasteiger partial charge in [-0.05, 0) is 111 Å². The molecule has 12 heteroatoms. The lowest BCUT2D eigenvalue weighted by molar-refractivity contribution is 0.0352. The topological polar surface area (TPSA) is 140 Å². The monoisotopic (exact) mass is 703 g/mol. The summed E-state index contributed by atoms with van der Waals surface area (Å²) in [5.74, 6) is 0.387.